The average Bonchev–Trinajstić information content (AvgIpc) is 2.54. The van der Waals surface area contributed by atoms with Crippen molar-refractivity contribution in [3.05, 3.63) is 53.6 Å². The van der Waals surface area contributed by atoms with Crippen molar-refractivity contribution in [1.82, 2.24) is 0 Å². The van der Waals surface area contributed by atoms with Gasteiger partial charge in [-0.15, -0.1) is 0 Å². The van der Waals surface area contributed by atoms with Gasteiger partial charge in [-0.05, 0) is 67.4 Å². The Morgan fingerprint density at radius 1 is 1.09 bits per heavy atom. The van der Waals surface area contributed by atoms with Crippen molar-refractivity contribution in [3.63, 3.8) is 0 Å². The van der Waals surface area contributed by atoms with Gasteiger partial charge in [0.1, 0.15) is 5.75 Å². The number of carbonyl (C=O) groups excluding carboxylic acids is 1. The number of benzene rings is 1. The fraction of sp³-hybridized carbons (Fsp3) is 0.450. The number of aromatic hydroxyl groups is 1. The summed E-state index contributed by atoms with van der Waals surface area (Å²) in [6.45, 7) is 0. The van der Waals surface area contributed by atoms with Crippen LogP contribution in [0.2, 0.25) is 0 Å². The molecule has 0 radical (unpaired) electrons. The maximum absolute atomic E-state index is 11.8. The SMILES string of the molecule is O=C1C=C[C@]23CCCC[C@H]2[C@H](c2ccc(O)cc2)CCC3=C1. The Labute approximate surface area is 131 Å². The van der Waals surface area contributed by atoms with Crippen LogP contribution >= 0.6 is 0 Å². The van der Waals surface area contributed by atoms with Crippen molar-refractivity contribution in [1.29, 1.82) is 0 Å². The second-order valence-corrected chi connectivity index (χ2v) is 7.03. The van der Waals surface area contributed by atoms with Crippen molar-refractivity contribution in [2.75, 3.05) is 0 Å². The van der Waals surface area contributed by atoms with Gasteiger partial charge in [0.15, 0.2) is 5.78 Å². The zero-order valence-corrected chi connectivity index (χ0v) is 12.8. The number of hydrogen-bond donors (Lipinski definition) is 1. The summed E-state index contributed by atoms with van der Waals surface area (Å²) >= 11 is 0. The Morgan fingerprint density at radius 2 is 1.91 bits per heavy atom. The molecule has 114 valence electrons. The topological polar surface area (TPSA) is 37.3 Å². The highest BCUT2D eigenvalue weighted by atomic mass is 16.3. The van der Waals surface area contributed by atoms with Crippen molar-refractivity contribution in [2.24, 2.45) is 11.3 Å². The minimum Gasteiger partial charge on any atom is -0.508 e. The Kier molecular flexibility index (Phi) is 3.21. The van der Waals surface area contributed by atoms with Gasteiger partial charge in [-0.1, -0.05) is 36.6 Å². The molecule has 22 heavy (non-hydrogen) atoms. The molecule has 2 saturated carbocycles. The molecule has 0 heterocycles. The van der Waals surface area contributed by atoms with Crippen LogP contribution in [0, 0.1) is 11.3 Å². The standard InChI is InChI=1S/C20H22O2/c21-16-7-4-14(5-8-16)18-9-6-15-13-17(22)10-12-20(15)11-2-1-3-19(18)20/h4-5,7-8,10,12-13,18-19,21H,1-3,6,9,11H2/t18-,19-,20-/m0/s1. The highest BCUT2D eigenvalue weighted by molar-refractivity contribution is 6.01. The number of phenolic OH excluding ortho intramolecular Hbond substituents is 1. The fourth-order valence-corrected chi connectivity index (χ4v) is 5.02. The molecule has 1 N–H and O–H groups in total. The number of phenols is 1. The lowest BCUT2D eigenvalue weighted by molar-refractivity contribution is -0.110. The fourth-order valence-electron chi connectivity index (χ4n) is 5.02. The lowest BCUT2D eigenvalue weighted by Gasteiger charge is -2.52. The van der Waals surface area contributed by atoms with E-state index in [0.29, 0.717) is 17.6 Å². The first-order valence-corrected chi connectivity index (χ1v) is 8.42. The van der Waals surface area contributed by atoms with E-state index in [2.05, 4.69) is 18.2 Å². The van der Waals surface area contributed by atoms with Crippen LogP contribution in [-0.2, 0) is 4.79 Å². The summed E-state index contributed by atoms with van der Waals surface area (Å²) in [6.07, 6.45) is 13.0. The van der Waals surface area contributed by atoms with Gasteiger partial charge >= 0.3 is 0 Å². The maximum atomic E-state index is 11.8. The van der Waals surface area contributed by atoms with Gasteiger partial charge in [-0.25, -0.2) is 0 Å². The molecule has 0 bridgehead atoms. The third kappa shape index (κ3) is 2.05. The number of ketones is 1. The summed E-state index contributed by atoms with van der Waals surface area (Å²) in [5, 5.41) is 9.54. The molecule has 0 saturated heterocycles. The first kappa shape index (κ1) is 13.8. The summed E-state index contributed by atoms with van der Waals surface area (Å²) in [5.41, 5.74) is 2.83. The van der Waals surface area contributed by atoms with Gasteiger partial charge in [0.05, 0.1) is 0 Å². The summed E-state index contributed by atoms with van der Waals surface area (Å²) in [6, 6.07) is 7.76. The monoisotopic (exact) mass is 294 g/mol. The predicted octanol–water partition coefficient (Wildman–Crippen LogP) is 4.51. The first-order valence-electron chi connectivity index (χ1n) is 8.42. The second kappa shape index (κ2) is 5.12. The van der Waals surface area contributed by atoms with E-state index in [1.807, 2.05) is 6.08 Å². The highest BCUT2D eigenvalue weighted by Gasteiger charge is 2.49. The molecule has 3 aliphatic carbocycles. The molecule has 1 aromatic carbocycles. The van der Waals surface area contributed by atoms with Crippen LogP contribution in [0.5, 0.6) is 5.75 Å². The van der Waals surface area contributed by atoms with Gasteiger partial charge in [-0.3, -0.25) is 4.79 Å². The largest absolute Gasteiger partial charge is 0.508 e. The smallest absolute Gasteiger partial charge is 0.178 e. The van der Waals surface area contributed by atoms with E-state index in [4.69, 9.17) is 0 Å². The van der Waals surface area contributed by atoms with Crippen molar-refractivity contribution < 1.29 is 9.90 Å². The molecule has 0 unspecified atom stereocenters. The summed E-state index contributed by atoms with van der Waals surface area (Å²) in [4.78, 5) is 11.8. The zero-order chi connectivity index (χ0) is 15.2. The Bertz CT molecular complexity index is 653. The van der Waals surface area contributed by atoms with E-state index in [0.717, 1.165) is 12.8 Å². The summed E-state index contributed by atoms with van der Waals surface area (Å²) in [5.74, 6) is 1.63. The molecule has 4 rings (SSSR count). The number of rotatable bonds is 1. The van der Waals surface area contributed by atoms with Crippen molar-refractivity contribution in [2.45, 2.75) is 44.4 Å². The van der Waals surface area contributed by atoms with Crippen molar-refractivity contribution >= 4 is 5.78 Å². The average molecular weight is 294 g/mol. The Hall–Kier alpha value is -1.83. The van der Waals surface area contributed by atoms with E-state index in [1.54, 1.807) is 18.2 Å². The molecule has 2 nitrogen and oxygen atoms in total. The van der Waals surface area contributed by atoms with Crippen LogP contribution < -0.4 is 0 Å². The van der Waals surface area contributed by atoms with Crippen molar-refractivity contribution in [3.8, 4) is 5.75 Å². The van der Waals surface area contributed by atoms with Crippen LogP contribution in [0.4, 0.5) is 0 Å². The van der Waals surface area contributed by atoms with Gasteiger partial charge < -0.3 is 5.11 Å². The Balaban J connectivity index is 1.75. The van der Waals surface area contributed by atoms with E-state index in [-0.39, 0.29) is 11.2 Å². The molecule has 2 heteroatoms. The van der Waals surface area contributed by atoms with Gasteiger partial charge in [0.2, 0.25) is 0 Å². The lowest BCUT2D eigenvalue weighted by Crippen LogP contribution is -2.42. The molecule has 1 spiro atoms. The molecule has 0 amide bonds. The van der Waals surface area contributed by atoms with E-state index < -0.39 is 0 Å². The third-order valence-corrected chi connectivity index (χ3v) is 6.01. The molecule has 1 aromatic rings. The number of carbonyl (C=O) groups is 1. The summed E-state index contributed by atoms with van der Waals surface area (Å²) in [7, 11) is 0. The zero-order valence-electron chi connectivity index (χ0n) is 12.8. The third-order valence-electron chi connectivity index (χ3n) is 6.01. The molecular formula is C20H22O2. The maximum Gasteiger partial charge on any atom is 0.178 e. The van der Waals surface area contributed by atoms with Crippen LogP contribution in [0.25, 0.3) is 0 Å². The van der Waals surface area contributed by atoms with Gasteiger partial charge in [-0.2, -0.15) is 0 Å². The van der Waals surface area contributed by atoms with Crippen LogP contribution in [0.1, 0.15) is 50.0 Å². The number of hydrogen-bond acceptors (Lipinski definition) is 2. The van der Waals surface area contributed by atoms with Crippen LogP contribution in [0.15, 0.2) is 48.1 Å². The van der Waals surface area contributed by atoms with Crippen LogP contribution in [0.3, 0.4) is 0 Å². The minimum atomic E-state index is 0.118. The molecule has 3 atom stereocenters. The predicted molar refractivity (Wildman–Crippen MR) is 86.7 cm³/mol. The number of allylic oxidation sites excluding steroid dienone is 4. The quantitative estimate of drug-likeness (QED) is 0.827. The van der Waals surface area contributed by atoms with Crippen LogP contribution in [-0.4, -0.2) is 10.9 Å². The molecular weight excluding hydrogens is 272 g/mol. The van der Waals surface area contributed by atoms with Gasteiger partial charge in [0, 0.05) is 5.41 Å². The Morgan fingerprint density at radius 3 is 2.73 bits per heavy atom. The highest BCUT2D eigenvalue weighted by Crippen LogP contribution is 2.59. The first-order chi connectivity index (χ1) is 10.7. The minimum absolute atomic E-state index is 0.118. The molecule has 3 aliphatic rings. The molecule has 0 aromatic heterocycles. The van der Waals surface area contributed by atoms with E-state index in [9.17, 15) is 9.90 Å². The molecule has 2 fully saturated rings. The van der Waals surface area contributed by atoms with E-state index >= 15 is 0 Å². The normalized spacial score (nSPS) is 33.8. The summed E-state index contributed by atoms with van der Waals surface area (Å²) < 4.78 is 0. The lowest BCUT2D eigenvalue weighted by atomic mass is 9.51. The van der Waals surface area contributed by atoms with E-state index in [1.165, 1.54) is 36.8 Å². The molecule has 0 aliphatic heterocycles. The second-order valence-electron chi connectivity index (χ2n) is 7.03. The van der Waals surface area contributed by atoms with Gasteiger partial charge in [0.25, 0.3) is 0 Å².